The first-order chi connectivity index (χ1) is 15.7. The van der Waals surface area contributed by atoms with Crippen LogP contribution in [0.5, 0.6) is 11.5 Å². The Morgan fingerprint density at radius 2 is 1.88 bits per heavy atom. The number of rotatable bonds is 8. The molecule has 2 atom stereocenters. The van der Waals surface area contributed by atoms with Crippen LogP contribution in [-0.2, 0) is 4.79 Å². The van der Waals surface area contributed by atoms with E-state index in [-0.39, 0.29) is 12.0 Å². The molecule has 1 saturated carbocycles. The van der Waals surface area contributed by atoms with Crippen molar-refractivity contribution in [1.29, 1.82) is 0 Å². The minimum absolute atomic E-state index is 0.250. The third kappa shape index (κ3) is 5.41. The molecule has 2 N–H and O–H groups in total. The Hall–Kier alpha value is -3.22. The zero-order valence-corrected chi connectivity index (χ0v) is 19.8. The van der Waals surface area contributed by atoms with E-state index in [9.17, 15) is 4.79 Å². The minimum atomic E-state index is -1.00. The molecule has 0 amide bonds. The number of hydrogen-bond donors (Lipinski definition) is 2. The molecule has 1 fully saturated rings. The molecule has 2 aromatic carbocycles. The van der Waals surface area contributed by atoms with Gasteiger partial charge in [-0.1, -0.05) is 20.8 Å². The highest BCUT2D eigenvalue weighted by Crippen LogP contribution is 2.46. The van der Waals surface area contributed by atoms with Gasteiger partial charge in [0.25, 0.3) is 0 Å². The number of carboxylic acids is 1. The Labute approximate surface area is 194 Å². The van der Waals surface area contributed by atoms with E-state index in [2.05, 4.69) is 30.7 Å². The van der Waals surface area contributed by atoms with Gasteiger partial charge in [0, 0.05) is 17.8 Å². The van der Waals surface area contributed by atoms with Crippen molar-refractivity contribution in [2.24, 2.45) is 11.3 Å². The van der Waals surface area contributed by atoms with E-state index < -0.39 is 5.97 Å². The fourth-order valence-electron chi connectivity index (χ4n) is 5.19. The number of fused-ring (bicyclic) bond motifs is 1. The van der Waals surface area contributed by atoms with Crippen LogP contribution in [0.4, 0.5) is 11.6 Å². The maximum Gasteiger partial charge on any atom is 0.341 e. The van der Waals surface area contributed by atoms with E-state index in [0.29, 0.717) is 24.3 Å². The second-order valence-corrected chi connectivity index (χ2v) is 9.79. The molecule has 1 heterocycles. The Morgan fingerprint density at radius 3 is 2.55 bits per heavy atom. The van der Waals surface area contributed by atoms with Crippen molar-refractivity contribution < 1.29 is 19.4 Å². The smallest absolute Gasteiger partial charge is 0.341 e. The second-order valence-electron chi connectivity index (χ2n) is 9.79. The van der Waals surface area contributed by atoms with Gasteiger partial charge in [-0.15, -0.1) is 0 Å². The van der Waals surface area contributed by atoms with Gasteiger partial charge in [-0.25, -0.2) is 9.78 Å². The van der Waals surface area contributed by atoms with E-state index in [1.807, 2.05) is 49.4 Å². The number of imidazole rings is 1. The molecule has 1 aliphatic carbocycles. The number of aliphatic carboxylic acids is 1. The predicted octanol–water partition coefficient (Wildman–Crippen LogP) is 6.03. The van der Waals surface area contributed by atoms with Crippen LogP contribution in [0.1, 0.15) is 53.0 Å². The molecule has 0 unspecified atom stereocenters. The second kappa shape index (κ2) is 9.33. The zero-order chi connectivity index (χ0) is 23.6. The molecule has 0 bridgehead atoms. The van der Waals surface area contributed by atoms with Crippen LogP contribution in [0.3, 0.4) is 0 Å². The average Bonchev–Trinajstić information content (AvgIpc) is 3.09. The standard InChI is InChI=1S/C26H33N3O4/c1-5-32-20-8-6-18(7-9-20)27-25-28-22-13-21(33-16-24(30)31)10-11-23(22)29(25)19-12-17(2)14-26(3,4)15-19/h6-11,13,17,19H,5,12,14-16H2,1-4H3,(H,27,28)(H,30,31)/t17-,19+/m0/s1. The molecule has 176 valence electrons. The summed E-state index contributed by atoms with van der Waals surface area (Å²) in [7, 11) is 0. The summed E-state index contributed by atoms with van der Waals surface area (Å²) in [5.41, 5.74) is 2.98. The maximum absolute atomic E-state index is 10.9. The summed E-state index contributed by atoms with van der Waals surface area (Å²) >= 11 is 0. The number of nitrogens with zero attached hydrogens (tertiary/aromatic N) is 2. The van der Waals surface area contributed by atoms with Crippen molar-refractivity contribution in [3.05, 3.63) is 42.5 Å². The van der Waals surface area contributed by atoms with Gasteiger partial charge in [0.15, 0.2) is 6.61 Å². The molecule has 7 heteroatoms. The largest absolute Gasteiger partial charge is 0.494 e. The number of benzene rings is 2. The summed E-state index contributed by atoms with van der Waals surface area (Å²) in [5.74, 6) is 1.73. The van der Waals surface area contributed by atoms with Crippen molar-refractivity contribution in [3.63, 3.8) is 0 Å². The molecular formula is C26H33N3O4. The molecule has 33 heavy (non-hydrogen) atoms. The Bertz CT molecular complexity index is 1120. The van der Waals surface area contributed by atoms with Gasteiger partial charge < -0.3 is 24.5 Å². The highest BCUT2D eigenvalue weighted by molar-refractivity contribution is 5.81. The van der Waals surface area contributed by atoms with Crippen LogP contribution in [0, 0.1) is 11.3 Å². The molecule has 7 nitrogen and oxygen atoms in total. The maximum atomic E-state index is 10.9. The summed E-state index contributed by atoms with van der Waals surface area (Å²) in [6.07, 6.45) is 3.37. The number of carboxylic acid groups (broad SMARTS) is 1. The van der Waals surface area contributed by atoms with Crippen molar-refractivity contribution in [2.75, 3.05) is 18.5 Å². The lowest BCUT2D eigenvalue weighted by molar-refractivity contribution is -0.139. The lowest BCUT2D eigenvalue weighted by atomic mass is 9.70. The topological polar surface area (TPSA) is 85.6 Å². The lowest BCUT2D eigenvalue weighted by Crippen LogP contribution is -2.29. The molecule has 4 rings (SSSR count). The fraction of sp³-hybridized carbons (Fsp3) is 0.462. The van der Waals surface area contributed by atoms with Crippen molar-refractivity contribution in [2.45, 2.75) is 53.0 Å². The van der Waals surface area contributed by atoms with Crippen LogP contribution >= 0.6 is 0 Å². The molecule has 0 aliphatic heterocycles. The molecule has 0 spiro atoms. The highest BCUT2D eigenvalue weighted by atomic mass is 16.5. The van der Waals surface area contributed by atoms with E-state index in [1.165, 1.54) is 6.42 Å². The SMILES string of the molecule is CCOc1ccc(Nc2nc3cc(OCC(=O)O)ccc3n2[C@@H]2C[C@H](C)CC(C)(C)C2)cc1. The van der Waals surface area contributed by atoms with Gasteiger partial charge in [0.1, 0.15) is 11.5 Å². The summed E-state index contributed by atoms with van der Waals surface area (Å²) in [6, 6.07) is 13.8. The fourth-order valence-corrected chi connectivity index (χ4v) is 5.19. The minimum Gasteiger partial charge on any atom is -0.494 e. The first-order valence-electron chi connectivity index (χ1n) is 11.6. The van der Waals surface area contributed by atoms with Gasteiger partial charge in [-0.2, -0.15) is 0 Å². The Morgan fingerprint density at radius 1 is 1.15 bits per heavy atom. The van der Waals surface area contributed by atoms with Crippen molar-refractivity contribution in [3.8, 4) is 11.5 Å². The summed E-state index contributed by atoms with van der Waals surface area (Å²) in [5, 5.41) is 12.4. The third-order valence-corrected chi connectivity index (χ3v) is 6.17. The van der Waals surface area contributed by atoms with Gasteiger partial charge in [-0.05, 0) is 73.9 Å². The molecule has 1 aromatic heterocycles. The lowest BCUT2D eigenvalue weighted by Gasteiger charge is -2.40. The predicted molar refractivity (Wildman–Crippen MR) is 130 cm³/mol. The van der Waals surface area contributed by atoms with Gasteiger partial charge >= 0.3 is 5.97 Å². The van der Waals surface area contributed by atoms with Crippen LogP contribution < -0.4 is 14.8 Å². The number of ether oxygens (including phenoxy) is 2. The first-order valence-corrected chi connectivity index (χ1v) is 11.6. The van der Waals surface area contributed by atoms with Crippen LogP contribution in [0.15, 0.2) is 42.5 Å². The first kappa shape index (κ1) is 23.0. The third-order valence-electron chi connectivity index (χ3n) is 6.17. The van der Waals surface area contributed by atoms with Gasteiger partial charge in [0.05, 0.1) is 17.6 Å². The number of hydrogen-bond acceptors (Lipinski definition) is 5. The normalized spacial score (nSPS) is 19.9. The number of carbonyl (C=O) groups is 1. The van der Waals surface area contributed by atoms with E-state index in [1.54, 1.807) is 0 Å². The molecule has 0 saturated heterocycles. The average molecular weight is 452 g/mol. The van der Waals surface area contributed by atoms with Crippen molar-refractivity contribution in [1.82, 2.24) is 9.55 Å². The number of nitrogens with one attached hydrogen (secondary N) is 1. The zero-order valence-electron chi connectivity index (χ0n) is 19.8. The van der Waals surface area contributed by atoms with E-state index in [4.69, 9.17) is 19.6 Å². The summed E-state index contributed by atoms with van der Waals surface area (Å²) in [4.78, 5) is 15.8. The van der Waals surface area contributed by atoms with Crippen molar-refractivity contribution >= 4 is 28.6 Å². The molecule has 0 radical (unpaired) electrons. The van der Waals surface area contributed by atoms with Crippen LogP contribution in [0.25, 0.3) is 11.0 Å². The Kier molecular flexibility index (Phi) is 6.49. The summed E-state index contributed by atoms with van der Waals surface area (Å²) in [6.45, 7) is 9.22. The Balaban J connectivity index is 1.72. The van der Waals surface area contributed by atoms with Crippen LogP contribution in [0.2, 0.25) is 0 Å². The van der Waals surface area contributed by atoms with Gasteiger partial charge in [-0.3, -0.25) is 0 Å². The van der Waals surface area contributed by atoms with E-state index >= 15 is 0 Å². The quantitative estimate of drug-likeness (QED) is 0.435. The molecule has 1 aliphatic rings. The van der Waals surface area contributed by atoms with Gasteiger partial charge in [0.2, 0.25) is 5.95 Å². The van der Waals surface area contributed by atoms with E-state index in [0.717, 1.165) is 41.3 Å². The molecular weight excluding hydrogens is 418 g/mol. The highest BCUT2D eigenvalue weighted by Gasteiger charge is 2.34. The van der Waals surface area contributed by atoms with Crippen LogP contribution in [-0.4, -0.2) is 33.8 Å². The number of anilines is 2. The molecule has 3 aromatic rings. The monoisotopic (exact) mass is 451 g/mol. The summed E-state index contributed by atoms with van der Waals surface area (Å²) < 4.78 is 13.3. The number of aromatic nitrogens is 2.